The van der Waals surface area contributed by atoms with E-state index in [1.807, 2.05) is 0 Å². The van der Waals surface area contributed by atoms with E-state index in [9.17, 15) is 0 Å². The van der Waals surface area contributed by atoms with Crippen molar-refractivity contribution in [3.63, 3.8) is 0 Å². The van der Waals surface area contributed by atoms with E-state index >= 15 is 0 Å². The molecular formula is C18H30N2. The number of fused-ring (bicyclic) bond motifs is 1. The van der Waals surface area contributed by atoms with Crippen LogP contribution in [0.2, 0.25) is 0 Å². The van der Waals surface area contributed by atoms with Gasteiger partial charge in [0, 0.05) is 0 Å². The second-order valence-electron chi connectivity index (χ2n) is 5.96. The number of nitrogens with zero attached hydrogens (tertiary/aromatic N) is 1. The van der Waals surface area contributed by atoms with Crippen molar-refractivity contribution < 1.29 is 0 Å². The van der Waals surface area contributed by atoms with Crippen LogP contribution in [0.15, 0.2) is 24.3 Å². The van der Waals surface area contributed by atoms with Gasteiger partial charge in [0.2, 0.25) is 0 Å². The second kappa shape index (κ2) is 8.43. The lowest BCUT2D eigenvalue weighted by Gasteiger charge is -2.25. The molecule has 1 N–H and O–H groups in total. The molecule has 1 aliphatic carbocycles. The fraction of sp³-hybridized carbons (Fsp3) is 0.667. The summed E-state index contributed by atoms with van der Waals surface area (Å²) < 4.78 is 0. The van der Waals surface area contributed by atoms with Gasteiger partial charge in [0.15, 0.2) is 0 Å². The van der Waals surface area contributed by atoms with E-state index < -0.39 is 0 Å². The lowest BCUT2D eigenvalue weighted by atomic mass is 9.84. The third-order valence-electron chi connectivity index (χ3n) is 4.60. The molecule has 1 unspecified atom stereocenters. The average molecular weight is 274 g/mol. The van der Waals surface area contributed by atoms with Crippen LogP contribution in [0.3, 0.4) is 0 Å². The summed E-state index contributed by atoms with van der Waals surface area (Å²) in [6, 6.07) is 8.95. The minimum absolute atomic E-state index is 0.832. The molecule has 0 aromatic heterocycles. The fourth-order valence-electron chi connectivity index (χ4n) is 3.22. The molecule has 20 heavy (non-hydrogen) atoms. The SMILES string of the molecule is CCN(CC)CCCNCC1CCc2ccccc2C1. The van der Waals surface area contributed by atoms with Gasteiger partial charge in [0.25, 0.3) is 0 Å². The highest BCUT2D eigenvalue weighted by Gasteiger charge is 2.17. The number of benzene rings is 1. The van der Waals surface area contributed by atoms with Crippen molar-refractivity contribution in [2.75, 3.05) is 32.7 Å². The smallest absolute Gasteiger partial charge is 0.000687 e. The zero-order valence-electron chi connectivity index (χ0n) is 13.2. The molecule has 0 bridgehead atoms. The van der Waals surface area contributed by atoms with E-state index in [4.69, 9.17) is 0 Å². The van der Waals surface area contributed by atoms with E-state index in [-0.39, 0.29) is 0 Å². The van der Waals surface area contributed by atoms with Crippen molar-refractivity contribution >= 4 is 0 Å². The first-order valence-electron chi connectivity index (χ1n) is 8.33. The minimum atomic E-state index is 0.832. The highest BCUT2D eigenvalue weighted by atomic mass is 15.1. The van der Waals surface area contributed by atoms with Crippen molar-refractivity contribution in [2.24, 2.45) is 5.92 Å². The quantitative estimate of drug-likeness (QED) is 0.733. The number of aryl methyl sites for hydroxylation is 1. The first-order chi connectivity index (χ1) is 9.83. The van der Waals surface area contributed by atoms with Gasteiger partial charge in [-0.3, -0.25) is 0 Å². The molecule has 0 heterocycles. The number of hydrogen-bond donors (Lipinski definition) is 1. The molecule has 0 radical (unpaired) electrons. The highest BCUT2D eigenvalue weighted by Crippen LogP contribution is 2.24. The summed E-state index contributed by atoms with van der Waals surface area (Å²) in [5.74, 6) is 0.832. The highest BCUT2D eigenvalue weighted by molar-refractivity contribution is 5.29. The number of hydrogen-bond acceptors (Lipinski definition) is 2. The Labute approximate surface area is 124 Å². The van der Waals surface area contributed by atoms with Crippen molar-refractivity contribution in [3.05, 3.63) is 35.4 Å². The fourth-order valence-corrected chi connectivity index (χ4v) is 3.22. The van der Waals surface area contributed by atoms with E-state index in [0.29, 0.717) is 0 Å². The lowest BCUT2D eigenvalue weighted by molar-refractivity contribution is 0.296. The van der Waals surface area contributed by atoms with Crippen LogP contribution >= 0.6 is 0 Å². The Hall–Kier alpha value is -0.860. The largest absolute Gasteiger partial charge is 0.316 e. The maximum atomic E-state index is 3.66. The molecule has 1 aliphatic rings. The molecule has 112 valence electrons. The van der Waals surface area contributed by atoms with Crippen LogP contribution in [0.4, 0.5) is 0 Å². The molecular weight excluding hydrogens is 244 g/mol. The predicted molar refractivity (Wildman–Crippen MR) is 87.2 cm³/mol. The van der Waals surface area contributed by atoms with Crippen molar-refractivity contribution in [3.8, 4) is 0 Å². The monoisotopic (exact) mass is 274 g/mol. The summed E-state index contributed by atoms with van der Waals surface area (Å²) in [5.41, 5.74) is 3.15. The van der Waals surface area contributed by atoms with Gasteiger partial charge in [0.1, 0.15) is 0 Å². The van der Waals surface area contributed by atoms with Gasteiger partial charge in [-0.2, -0.15) is 0 Å². The Bertz CT molecular complexity index is 385. The molecule has 0 amide bonds. The molecule has 0 spiro atoms. The third kappa shape index (κ3) is 4.60. The Morgan fingerprint density at radius 3 is 2.65 bits per heavy atom. The van der Waals surface area contributed by atoms with Gasteiger partial charge in [-0.15, -0.1) is 0 Å². The first kappa shape index (κ1) is 15.5. The average Bonchev–Trinajstić information content (AvgIpc) is 2.51. The van der Waals surface area contributed by atoms with Crippen molar-refractivity contribution in [1.82, 2.24) is 10.2 Å². The maximum Gasteiger partial charge on any atom is -0.000687 e. The zero-order chi connectivity index (χ0) is 14.2. The van der Waals surface area contributed by atoms with Crippen LogP contribution in [0.1, 0.15) is 37.8 Å². The van der Waals surface area contributed by atoms with Gasteiger partial charge in [-0.25, -0.2) is 0 Å². The van der Waals surface area contributed by atoms with Gasteiger partial charge >= 0.3 is 0 Å². The molecule has 1 atom stereocenters. The van der Waals surface area contributed by atoms with Crippen molar-refractivity contribution in [2.45, 2.75) is 39.5 Å². The standard InChI is InChI=1S/C18H30N2/c1-3-20(4-2)13-7-12-19-15-16-10-11-17-8-5-6-9-18(17)14-16/h5-6,8-9,16,19H,3-4,7,10-15H2,1-2H3. The molecule has 2 nitrogen and oxygen atoms in total. The maximum absolute atomic E-state index is 3.66. The summed E-state index contributed by atoms with van der Waals surface area (Å²) in [7, 11) is 0. The Kier molecular flexibility index (Phi) is 6.55. The Morgan fingerprint density at radius 1 is 1.15 bits per heavy atom. The second-order valence-corrected chi connectivity index (χ2v) is 5.96. The summed E-state index contributed by atoms with van der Waals surface area (Å²) in [4.78, 5) is 2.50. The predicted octanol–water partition coefficient (Wildman–Crippen LogP) is 3.11. The van der Waals surface area contributed by atoms with Crippen molar-refractivity contribution in [1.29, 1.82) is 0 Å². The Balaban J connectivity index is 1.62. The molecule has 0 saturated carbocycles. The summed E-state index contributed by atoms with van der Waals surface area (Å²) in [6.07, 6.45) is 5.15. The van der Waals surface area contributed by atoms with E-state index in [1.165, 1.54) is 51.9 Å². The van der Waals surface area contributed by atoms with E-state index in [2.05, 4.69) is 48.3 Å². The topological polar surface area (TPSA) is 15.3 Å². The molecule has 2 rings (SSSR count). The van der Waals surface area contributed by atoms with Gasteiger partial charge in [0.05, 0.1) is 0 Å². The first-order valence-corrected chi connectivity index (χ1v) is 8.33. The third-order valence-corrected chi connectivity index (χ3v) is 4.60. The van der Waals surface area contributed by atoms with Gasteiger partial charge < -0.3 is 10.2 Å². The molecule has 0 aliphatic heterocycles. The van der Waals surface area contributed by atoms with Crippen LogP contribution in [-0.4, -0.2) is 37.6 Å². The number of rotatable bonds is 8. The van der Waals surface area contributed by atoms with Crippen LogP contribution in [0.5, 0.6) is 0 Å². The van der Waals surface area contributed by atoms with Crippen LogP contribution in [-0.2, 0) is 12.8 Å². The number of nitrogens with one attached hydrogen (secondary N) is 1. The molecule has 0 saturated heterocycles. The zero-order valence-corrected chi connectivity index (χ0v) is 13.2. The van der Waals surface area contributed by atoms with E-state index in [1.54, 1.807) is 11.1 Å². The van der Waals surface area contributed by atoms with E-state index in [0.717, 1.165) is 12.5 Å². The van der Waals surface area contributed by atoms with Gasteiger partial charge in [-0.05, 0) is 75.5 Å². The Morgan fingerprint density at radius 2 is 1.90 bits per heavy atom. The molecule has 2 heteroatoms. The normalized spacial score (nSPS) is 18.2. The van der Waals surface area contributed by atoms with Gasteiger partial charge in [-0.1, -0.05) is 38.1 Å². The molecule has 1 aromatic carbocycles. The summed E-state index contributed by atoms with van der Waals surface area (Å²) in [6.45, 7) is 10.4. The van der Waals surface area contributed by atoms with Crippen LogP contribution < -0.4 is 5.32 Å². The van der Waals surface area contributed by atoms with Crippen LogP contribution in [0, 0.1) is 5.92 Å². The molecule has 0 fully saturated rings. The minimum Gasteiger partial charge on any atom is -0.316 e. The van der Waals surface area contributed by atoms with Crippen LogP contribution in [0.25, 0.3) is 0 Å². The summed E-state index contributed by atoms with van der Waals surface area (Å²) in [5, 5.41) is 3.66. The molecule has 1 aromatic rings. The lowest BCUT2D eigenvalue weighted by Crippen LogP contribution is -2.31. The summed E-state index contributed by atoms with van der Waals surface area (Å²) >= 11 is 0.